The highest BCUT2D eigenvalue weighted by molar-refractivity contribution is 7.26. The van der Waals surface area contributed by atoms with E-state index in [0.717, 1.165) is 56.1 Å². The minimum atomic E-state index is 0.853. The van der Waals surface area contributed by atoms with Crippen molar-refractivity contribution in [1.29, 1.82) is 0 Å². The van der Waals surface area contributed by atoms with Gasteiger partial charge in [0, 0.05) is 65.4 Å². The van der Waals surface area contributed by atoms with Crippen LogP contribution in [0.25, 0.3) is 53.2 Å². The quantitative estimate of drug-likeness (QED) is 0.167. The predicted molar refractivity (Wildman–Crippen MR) is 221 cm³/mol. The first-order valence-electron chi connectivity index (χ1n) is 17.5. The molecule has 52 heavy (non-hydrogen) atoms. The number of benzene rings is 8. The number of para-hydroxylation sites is 2. The molecule has 3 nitrogen and oxygen atoms in total. The molecule has 0 amide bonds. The van der Waals surface area contributed by atoms with Gasteiger partial charge in [-0.3, -0.25) is 0 Å². The van der Waals surface area contributed by atoms with Gasteiger partial charge in [0.1, 0.15) is 11.2 Å². The average molecular weight is 685 g/mol. The van der Waals surface area contributed by atoms with Gasteiger partial charge < -0.3 is 14.2 Å². The van der Waals surface area contributed by atoms with E-state index in [4.69, 9.17) is 4.42 Å². The van der Waals surface area contributed by atoms with Gasteiger partial charge in [-0.05, 0) is 96.1 Å². The van der Waals surface area contributed by atoms with Gasteiger partial charge in [0.05, 0.1) is 5.69 Å². The summed E-state index contributed by atoms with van der Waals surface area (Å²) in [5.41, 5.74) is 10.7. The molecule has 2 aromatic heterocycles. The molecule has 0 aliphatic carbocycles. The van der Waals surface area contributed by atoms with Gasteiger partial charge in [-0.1, -0.05) is 103 Å². The molecule has 2 heterocycles. The van der Waals surface area contributed by atoms with E-state index in [0.29, 0.717) is 0 Å². The lowest BCUT2D eigenvalue weighted by Gasteiger charge is -2.26. The van der Waals surface area contributed by atoms with Gasteiger partial charge in [0.15, 0.2) is 0 Å². The van der Waals surface area contributed by atoms with Crippen molar-refractivity contribution in [2.45, 2.75) is 0 Å². The SMILES string of the molecule is c1ccc(-c2ccc(N(c3ccccc3)c3ccc4oc5cc(N(c6ccccc6)c6cccc7sc8ccccc8c67)ccc5c4c3)cc2)cc1. The van der Waals surface area contributed by atoms with Crippen molar-refractivity contribution < 1.29 is 4.42 Å². The fourth-order valence-corrected chi connectivity index (χ4v) is 8.56. The second kappa shape index (κ2) is 12.6. The Morgan fingerprint density at radius 2 is 0.923 bits per heavy atom. The van der Waals surface area contributed by atoms with Crippen LogP contribution in [0.5, 0.6) is 0 Å². The molecule has 10 rings (SSSR count). The molecule has 0 aliphatic heterocycles. The largest absolute Gasteiger partial charge is 0.456 e. The predicted octanol–water partition coefficient (Wildman–Crippen LogP) is 14.6. The van der Waals surface area contributed by atoms with Gasteiger partial charge >= 0.3 is 0 Å². The first-order chi connectivity index (χ1) is 25.8. The first kappa shape index (κ1) is 30.2. The summed E-state index contributed by atoms with van der Waals surface area (Å²) in [6, 6.07) is 68.9. The molecule has 4 heteroatoms. The molecule has 0 atom stereocenters. The molecule has 0 bridgehead atoms. The van der Waals surface area contributed by atoms with E-state index in [1.807, 2.05) is 11.3 Å². The van der Waals surface area contributed by atoms with Crippen LogP contribution in [-0.4, -0.2) is 0 Å². The van der Waals surface area contributed by atoms with Crippen LogP contribution in [0.1, 0.15) is 0 Å². The molecule has 246 valence electrons. The summed E-state index contributed by atoms with van der Waals surface area (Å²) in [5, 5.41) is 4.70. The minimum absolute atomic E-state index is 0.853. The summed E-state index contributed by atoms with van der Waals surface area (Å²) < 4.78 is 9.19. The van der Waals surface area contributed by atoms with Gasteiger partial charge in [-0.15, -0.1) is 11.3 Å². The molecule has 0 saturated heterocycles. The minimum Gasteiger partial charge on any atom is -0.456 e. The molecular formula is C48H32N2OS. The number of fused-ring (bicyclic) bond motifs is 6. The van der Waals surface area contributed by atoms with E-state index in [9.17, 15) is 0 Å². The molecule has 0 spiro atoms. The normalized spacial score (nSPS) is 11.5. The van der Waals surface area contributed by atoms with Crippen LogP contribution in [0.3, 0.4) is 0 Å². The molecule has 0 radical (unpaired) electrons. The van der Waals surface area contributed by atoms with Gasteiger partial charge in [0.2, 0.25) is 0 Å². The zero-order valence-corrected chi connectivity index (χ0v) is 29.0. The molecule has 0 N–H and O–H groups in total. The summed E-state index contributed by atoms with van der Waals surface area (Å²) >= 11 is 1.84. The zero-order valence-electron chi connectivity index (χ0n) is 28.2. The van der Waals surface area contributed by atoms with E-state index in [1.54, 1.807) is 0 Å². The molecule has 8 aromatic carbocycles. The molecule has 10 aromatic rings. The van der Waals surface area contributed by atoms with E-state index in [2.05, 4.69) is 204 Å². The van der Waals surface area contributed by atoms with Crippen molar-refractivity contribution in [3.05, 3.63) is 194 Å². The number of rotatable bonds is 7. The van der Waals surface area contributed by atoms with E-state index in [-0.39, 0.29) is 0 Å². The standard InChI is InChI=1S/C48H32N2OS/c1-4-13-33(14-5-1)34-23-25-37(26-24-34)49(35-15-6-2-7-16-35)38-28-30-44-42(31-38)40-29-27-39(32-45(40)51-44)50(36-17-8-3-9-18-36)43-20-12-22-47-48(43)41-19-10-11-21-46(41)52-47/h1-32H. The Bertz CT molecular complexity index is 2840. The fraction of sp³-hybridized carbons (Fsp3) is 0. The molecule has 0 fully saturated rings. The van der Waals surface area contributed by atoms with Crippen molar-refractivity contribution in [2.75, 3.05) is 9.80 Å². The second-order valence-electron chi connectivity index (χ2n) is 13.0. The van der Waals surface area contributed by atoms with Crippen LogP contribution in [-0.2, 0) is 0 Å². The third-order valence-corrected chi connectivity index (χ3v) is 11.0. The van der Waals surface area contributed by atoms with Crippen LogP contribution >= 0.6 is 11.3 Å². The third kappa shape index (κ3) is 5.20. The Morgan fingerprint density at radius 3 is 1.69 bits per heavy atom. The number of thiophene rings is 1. The summed E-state index contributed by atoms with van der Waals surface area (Å²) in [5.74, 6) is 0. The van der Waals surface area contributed by atoms with Crippen LogP contribution in [0.2, 0.25) is 0 Å². The van der Waals surface area contributed by atoms with Crippen molar-refractivity contribution in [3.63, 3.8) is 0 Å². The van der Waals surface area contributed by atoms with Crippen molar-refractivity contribution in [3.8, 4) is 11.1 Å². The highest BCUT2D eigenvalue weighted by Crippen LogP contribution is 2.46. The maximum absolute atomic E-state index is 6.63. The molecule has 0 unspecified atom stereocenters. The number of nitrogens with zero attached hydrogens (tertiary/aromatic N) is 2. The Hall–Kier alpha value is -6.62. The van der Waals surface area contributed by atoms with Crippen LogP contribution in [0, 0.1) is 0 Å². The Balaban J connectivity index is 1.10. The second-order valence-corrected chi connectivity index (χ2v) is 14.1. The van der Waals surface area contributed by atoms with E-state index >= 15 is 0 Å². The molecule has 0 saturated carbocycles. The van der Waals surface area contributed by atoms with Crippen molar-refractivity contribution in [2.24, 2.45) is 0 Å². The monoisotopic (exact) mass is 684 g/mol. The van der Waals surface area contributed by atoms with Gasteiger partial charge in [-0.25, -0.2) is 0 Å². The van der Waals surface area contributed by atoms with Crippen molar-refractivity contribution in [1.82, 2.24) is 0 Å². The highest BCUT2D eigenvalue weighted by atomic mass is 32.1. The number of hydrogen-bond donors (Lipinski definition) is 0. The zero-order chi connectivity index (χ0) is 34.4. The highest BCUT2D eigenvalue weighted by Gasteiger charge is 2.20. The van der Waals surface area contributed by atoms with E-state index < -0.39 is 0 Å². The summed E-state index contributed by atoms with van der Waals surface area (Å²) in [6.45, 7) is 0. The smallest absolute Gasteiger partial charge is 0.137 e. The van der Waals surface area contributed by atoms with E-state index in [1.165, 1.54) is 31.3 Å². The average Bonchev–Trinajstić information content (AvgIpc) is 3.78. The maximum Gasteiger partial charge on any atom is 0.137 e. The lowest BCUT2D eigenvalue weighted by Crippen LogP contribution is -2.10. The Kier molecular flexibility index (Phi) is 7.33. The first-order valence-corrected chi connectivity index (χ1v) is 18.3. The summed E-state index contributed by atoms with van der Waals surface area (Å²) in [6.07, 6.45) is 0. The Morgan fingerprint density at radius 1 is 0.346 bits per heavy atom. The van der Waals surface area contributed by atoms with Gasteiger partial charge in [-0.2, -0.15) is 0 Å². The third-order valence-electron chi connectivity index (χ3n) is 9.84. The number of hydrogen-bond acceptors (Lipinski definition) is 4. The number of anilines is 6. The van der Waals surface area contributed by atoms with Crippen LogP contribution < -0.4 is 9.80 Å². The lowest BCUT2D eigenvalue weighted by molar-refractivity contribution is 0.669. The molecular weight excluding hydrogens is 653 g/mol. The lowest BCUT2D eigenvalue weighted by atomic mass is 10.0. The van der Waals surface area contributed by atoms with Crippen LogP contribution in [0.15, 0.2) is 199 Å². The van der Waals surface area contributed by atoms with Gasteiger partial charge in [0.25, 0.3) is 0 Å². The van der Waals surface area contributed by atoms with Crippen LogP contribution in [0.4, 0.5) is 34.1 Å². The topological polar surface area (TPSA) is 19.6 Å². The number of furan rings is 1. The van der Waals surface area contributed by atoms with Crippen molar-refractivity contribution >= 4 is 87.6 Å². The fourth-order valence-electron chi connectivity index (χ4n) is 7.44. The summed E-state index contributed by atoms with van der Waals surface area (Å²) in [7, 11) is 0. The summed E-state index contributed by atoms with van der Waals surface area (Å²) in [4.78, 5) is 4.67. The maximum atomic E-state index is 6.63. The molecule has 0 aliphatic rings. The Labute approximate surface area is 305 Å².